The summed E-state index contributed by atoms with van der Waals surface area (Å²) in [4.78, 5) is 24.1. The highest BCUT2D eigenvalue weighted by Gasteiger charge is 2.09. The Bertz CT molecular complexity index is 267. The molecule has 0 aromatic heterocycles. The quantitative estimate of drug-likeness (QED) is 0.563. The van der Waals surface area contributed by atoms with Crippen molar-refractivity contribution in [1.29, 1.82) is 0 Å². The molecule has 1 atom stereocenters. The first-order valence-electron chi connectivity index (χ1n) is 6.29. The van der Waals surface area contributed by atoms with Gasteiger partial charge in [0.2, 0.25) is 5.91 Å². The van der Waals surface area contributed by atoms with Crippen molar-refractivity contribution in [3.8, 4) is 0 Å². The Labute approximate surface area is 109 Å². The van der Waals surface area contributed by atoms with E-state index in [1.165, 1.54) is 4.90 Å². The van der Waals surface area contributed by atoms with E-state index < -0.39 is 0 Å². The van der Waals surface area contributed by atoms with Gasteiger partial charge in [-0.3, -0.25) is 4.79 Å². The first-order valence-corrected chi connectivity index (χ1v) is 6.29. The van der Waals surface area contributed by atoms with Crippen LogP contribution in [-0.4, -0.2) is 56.6 Å². The molecular weight excluding hydrogens is 232 g/mol. The molecule has 3 amide bonds. The minimum absolute atomic E-state index is 0.0184. The van der Waals surface area contributed by atoms with Crippen molar-refractivity contribution < 1.29 is 9.59 Å². The average molecular weight is 258 g/mol. The number of carbonyl (C=O) groups excluding carboxylic acids is 2. The Hall–Kier alpha value is -1.30. The van der Waals surface area contributed by atoms with E-state index in [1.807, 2.05) is 6.92 Å². The molecule has 0 aliphatic rings. The molecule has 106 valence electrons. The number of rotatable bonds is 7. The summed E-state index contributed by atoms with van der Waals surface area (Å²) in [6.45, 7) is 7.46. The van der Waals surface area contributed by atoms with E-state index in [1.54, 1.807) is 14.1 Å². The van der Waals surface area contributed by atoms with Crippen molar-refractivity contribution in [2.45, 2.75) is 26.8 Å². The molecule has 0 radical (unpaired) electrons. The summed E-state index contributed by atoms with van der Waals surface area (Å²) in [6, 6.07) is 0.0439. The molecule has 0 heterocycles. The van der Waals surface area contributed by atoms with Crippen molar-refractivity contribution >= 4 is 11.9 Å². The lowest BCUT2D eigenvalue weighted by molar-refractivity contribution is -0.121. The molecule has 0 aromatic carbocycles. The Kier molecular flexibility index (Phi) is 8.11. The minimum Gasteiger partial charge on any atom is -0.352 e. The van der Waals surface area contributed by atoms with Crippen LogP contribution in [0.2, 0.25) is 0 Å². The Morgan fingerprint density at radius 3 is 2.22 bits per heavy atom. The maximum Gasteiger partial charge on any atom is 0.316 e. The van der Waals surface area contributed by atoms with Crippen LogP contribution in [0.5, 0.6) is 0 Å². The van der Waals surface area contributed by atoms with E-state index in [-0.39, 0.29) is 24.5 Å². The number of amides is 3. The molecule has 0 saturated heterocycles. The van der Waals surface area contributed by atoms with E-state index >= 15 is 0 Å². The molecule has 0 saturated carbocycles. The van der Waals surface area contributed by atoms with Crippen molar-refractivity contribution in [3.63, 3.8) is 0 Å². The number of nitrogens with one attached hydrogen (secondary N) is 3. The molecule has 0 aromatic rings. The summed E-state index contributed by atoms with van der Waals surface area (Å²) in [5, 5.41) is 8.59. The second-order valence-corrected chi connectivity index (χ2v) is 4.90. The largest absolute Gasteiger partial charge is 0.352 e. The molecule has 3 N–H and O–H groups in total. The van der Waals surface area contributed by atoms with Gasteiger partial charge in [0, 0.05) is 33.2 Å². The van der Waals surface area contributed by atoms with Gasteiger partial charge in [0.15, 0.2) is 0 Å². The zero-order valence-electron chi connectivity index (χ0n) is 12.0. The highest BCUT2D eigenvalue weighted by molar-refractivity contribution is 5.78. The van der Waals surface area contributed by atoms with Gasteiger partial charge in [-0.25, -0.2) is 4.79 Å². The van der Waals surface area contributed by atoms with Gasteiger partial charge < -0.3 is 20.9 Å². The van der Waals surface area contributed by atoms with Crippen LogP contribution in [0.25, 0.3) is 0 Å². The van der Waals surface area contributed by atoms with E-state index in [2.05, 4.69) is 29.8 Å². The fourth-order valence-electron chi connectivity index (χ4n) is 1.09. The number of nitrogens with zero attached hydrogens (tertiary/aromatic N) is 1. The van der Waals surface area contributed by atoms with E-state index in [0.29, 0.717) is 19.0 Å². The van der Waals surface area contributed by atoms with Crippen LogP contribution in [-0.2, 0) is 4.79 Å². The molecule has 0 aliphatic heterocycles. The molecule has 0 spiro atoms. The molecule has 0 fully saturated rings. The van der Waals surface area contributed by atoms with Crippen molar-refractivity contribution in [2.24, 2.45) is 5.92 Å². The molecule has 1 unspecified atom stereocenters. The second kappa shape index (κ2) is 8.74. The third-order valence-corrected chi connectivity index (χ3v) is 2.66. The zero-order chi connectivity index (χ0) is 14.1. The number of carbonyl (C=O) groups is 2. The summed E-state index contributed by atoms with van der Waals surface area (Å²) in [5.41, 5.74) is 0. The number of hydrogen-bond acceptors (Lipinski definition) is 3. The summed E-state index contributed by atoms with van der Waals surface area (Å²) >= 11 is 0. The lowest BCUT2D eigenvalue weighted by Gasteiger charge is -2.17. The predicted molar refractivity (Wildman–Crippen MR) is 72.4 cm³/mol. The van der Waals surface area contributed by atoms with Crippen LogP contribution in [0.3, 0.4) is 0 Å². The highest BCUT2D eigenvalue weighted by Crippen LogP contribution is 1.98. The molecular formula is C12H26N4O2. The van der Waals surface area contributed by atoms with Gasteiger partial charge in [-0.05, 0) is 12.8 Å². The van der Waals surface area contributed by atoms with Gasteiger partial charge >= 0.3 is 6.03 Å². The highest BCUT2D eigenvalue weighted by atomic mass is 16.2. The van der Waals surface area contributed by atoms with Crippen LogP contribution >= 0.6 is 0 Å². The summed E-state index contributed by atoms with van der Waals surface area (Å²) in [6.07, 6.45) is 0. The van der Waals surface area contributed by atoms with E-state index in [9.17, 15) is 9.59 Å². The Morgan fingerprint density at radius 1 is 1.11 bits per heavy atom. The monoisotopic (exact) mass is 258 g/mol. The van der Waals surface area contributed by atoms with E-state index in [4.69, 9.17) is 0 Å². The second-order valence-electron chi connectivity index (χ2n) is 4.90. The zero-order valence-corrected chi connectivity index (χ0v) is 12.0. The normalized spacial score (nSPS) is 12.1. The molecule has 6 heteroatoms. The van der Waals surface area contributed by atoms with Gasteiger partial charge in [0.05, 0.1) is 6.54 Å². The van der Waals surface area contributed by atoms with Crippen LogP contribution < -0.4 is 16.0 Å². The van der Waals surface area contributed by atoms with Crippen molar-refractivity contribution in [3.05, 3.63) is 0 Å². The third kappa shape index (κ3) is 7.89. The fraction of sp³-hybridized carbons (Fsp3) is 0.833. The molecule has 0 bridgehead atoms. The number of urea groups is 1. The van der Waals surface area contributed by atoms with Crippen LogP contribution in [0.15, 0.2) is 0 Å². The Morgan fingerprint density at radius 2 is 1.72 bits per heavy atom. The smallest absolute Gasteiger partial charge is 0.316 e. The predicted octanol–water partition coefficient (Wildman–Crippen LogP) is 0.00790. The maximum absolute atomic E-state index is 11.5. The molecule has 6 nitrogen and oxygen atoms in total. The first-order chi connectivity index (χ1) is 8.34. The SMILES string of the molecule is CC(C)C(C)NC(=O)CNCCNC(=O)N(C)C. The van der Waals surface area contributed by atoms with Crippen molar-refractivity contribution in [1.82, 2.24) is 20.9 Å². The lowest BCUT2D eigenvalue weighted by Crippen LogP contribution is -2.43. The van der Waals surface area contributed by atoms with Crippen LogP contribution in [0, 0.1) is 5.92 Å². The lowest BCUT2D eigenvalue weighted by atomic mass is 10.1. The fourth-order valence-corrected chi connectivity index (χ4v) is 1.09. The first kappa shape index (κ1) is 16.7. The van der Waals surface area contributed by atoms with E-state index in [0.717, 1.165) is 0 Å². The summed E-state index contributed by atoms with van der Waals surface area (Å²) in [7, 11) is 3.37. The van der Waals surface area contributed by atoms with Gasteiger partial charge in [-0.2, -0.15) is 0 Å². The topological polar surface area (TPSA) is 73.5 Å². The van der Waals surface area contributed by atoms with Gasteiger partial charge in [0.1, 0.15) is 0 Å². The van der Waals surface area contributed by atoms with Gasteiger partial charge in [-0.15, -0.1) is 0 Å². The molecule has 0 aliphatic carbocycles. The van der Waals surface area contributed by atoms with Gasteiger partial charge in [-0.1, -0.05) is 13.8 Å². The third-order valence-electron chi connectivity index (χ3n) is 2.66. The van der Waals surface area contributed by atoms with Crippen LogP contribution in [0.1, 0.15) is 20.8 Å². The summed E-state index contributed by atoms with van der Waals surface area (Å²) in [5.74, 6) is 0.406. The minimum atomic E-state index is -0.130. The Balaban J connectivity index is 3.55. The molecule has 0 rings (SSSR count). The van der Waals surface area contributed by atoms with Gasteiger partial charge in [0.25, 0.3) is 0 Å². The number of hydrogen-bond donors (Lipinski definition) is 3. The molecule has 18 heavy (non-hydrogen) atoms. The van der Waals surface area contributed by atoms with Crippen LogP contribution in [0.4, 0.5) is 4.79 Å². The maximum atomic E-state index is 11.5. The van der Waals surface area contributed by atoms with Crippen molar-refractivity contribution in [2.75, 3.05) is 33.7 Å². The summed E-state index contributed by atoms with van der Waals surface area (Å²) < 4.78 is 0. The standard InChI is InChI=1S/C12H26N4O2/c1-9(2)10(3)15-11(17)8-13-6-7-14-12(18)16(4)5/h9-10,13H,6-8H2,1-5H3,(H,14,18)(H,15,17). The average Bonchev–Trinajstić information content (AvgIpc) is 2.27.